The molecule has 1 heterocycles. The van der Waals surface area contributed by atoms with Crippen LogP contribution < -0.4 is 5.09 Å². The molecule has 3 N–H and O–H groups in total. The standard InChI is InChI=1S/C16H20NO4PS/c1-2-6-14(16(18)19)13-9-10-23-15(13)17-22(20,21)11-12-7-4-3-5-8-12/h3-5,7-10,14H,2,6,11H2,1H3,(H,18,19)(H2,17,20,21). The molecule has 0 amide bonds. The molecule has 1 aromatic heterocycles. The van der Waals surface area contributed by atoms with Gasteiger partial charge < -0.3 is 15.1 Å². The molecule has 0 bridgehead atoms. The first kappa shape index (κ1) is 17.7. The summed E-state index contributed by atoms with van der Waals surface area (Å²) in [7, 11) is -3.65. The second kappa shape index (κ2) is 7.77. The summed E-state index contributed by atoms with van der Waals surface area (Å²) < 4.78 is 12.5. The highest BCUT2D eigenvalue weighted by Crippen LogP contribution is 2.47. The SMILES string of the molecule is CCCC(C(=O)O)c1ccsc1NP(=O)(O)Cc1ccccc1. The van der Waals surface area contributed by atoms with Crippen molar-refractivity contribution < 1.29 is 19.4 Å². The minimum atomic E-state index is -3.65. The van der Waals surface area contributed by atoms with Gasteiger partial charge in [-0.3, -0.25) is 9.36 Å². The van der Waals surface area contributed by atoms with Gasteiger partial charge in [0, 0.05) is 5.56 Å². The van der Waals surface area contributed by atoms with Gasteiger partial charge in [0.1, 0.15) is 0 Å². The van der Waals surface area contributed by atoms with Gasteiger partial charge in [0.25, 0.3) is 7.52 Å². The third-order valence-corrected chi connectivity index (χ3v) is 5.83. The highest BCUT2D eigenvalue weighted by atomic mass is 32.1. The van der Waals surface area contributed by atoms with Crippen molar-refractivity contribution in [3.8, 4) is 0 Å². The lowest BCUT2D eigenvalue weighted by Gasteiger charge is -2.17. The van der Waals surface area contributed by atoms with Crippen molar-refractivity contribution in [1.29, 1.82) is 0 Å². The van der Waals surface area contributed by atoms with Crippen molar-refractivity contribution in [2.75, 3.05) is 5.09 Å². The Morgan fingerprint density at radius 1 is 1.30 bits per heavy atom. The number of carboxylic acid groups (broad SMARTS) is 1. The van der Waals surface area contributed by atoms with Crippen LogP contribution in [-0.2, 0) is 15.5 Å². The number of thiophene rings is 1. The molecule has 0 spiro atoms. The highest BCUT2D eigenvalue weighted by Gasteiger charge is 2.26. The number of nitrogens with one attached hydrogen (secondary N) is 1. The van der Waals surface area contributed by atoms with Crippen LogP contribution in [0.3, 0.4) is 0 Å². The molecule has 0 aliphatic carbocycles. The lowest BCUT2D eigenvalue weighted by Crippen LogP contribution is -2.12. The van der Waals surface area contributed by atoms with Gasteiger partial charge in [-0.15, -0.1) is 11.3 Å². The van der Waals surface area contributed by atoms with Crippen LogP contribution in [0.4, 0.5) is 5.00 Å². The summed E-state index contributed by atoms with van der Waals surface area (Å²) in [5.41, 5.74) is 1.33. The molecule has 0 fully saturated rings. The molecule has 1 aromatic carbocycles. The third kappa shape index (κ3) is 4.93. The molecule has 124 valence electrons. The molecule has 0 saturated heterocycles. The lowest BCUT2D eigenvalue weighted by atomic mass is 9.97. The Labute approximate surface area is 139 Å². The summed E-state index contributed by atoms with van der Waals surface area (Å²) in [6.07, 6.45) is 1.22. The summed E-state index contributed by atoms with van der Waals surface area (Å²) in [5.74, 6) is -1.57. The predicted octanol–water partition coefficient (Wildman–Crippen LogP) is 4.51. The van der Waals surface area contributed by atoms with Crippen molar-refractivity contribution in [2.24, 2.45) is 0 Å². The van der Waals surface area contributed by atoms with Crippen LogP contribution in [0.25, 0.3) is 0 Å². The van der Waals surface area contributed by atoms with Gasteiger partial charge >= 0.3 is 5.97 Å². The topological polar surface area (TPSA) is 86.6 Å². The molecule has 5 nitrogen and oxygen atoms in total. The molecule has 2 unspecified atom stereocenters. The van der Waals surface area contributed by atoms with Gasteiger partial charge in [-0.25, -0.2) is 0 Å². The molecular weight excluding hydrogens is 333 g/mol. The van der Waals surface area contributed by atoms with Crippen molar-refractivity contribution in [3.05, 3.63) is 52.9 Å². The number of carbonyl (C=O) groups is 1. The van der Waals surface area contributed by atoms with Crippen molar-refractivity contribution in [3.63, 3.8) is 0 Å². The van der Waals surface area contributed by atoms with Crippen molar-refractivity contribution >= 4 is 29.8 Å². The fraction of sp³-hybridized carbons (Fsp3) is 0.312. The van der Waals surface area contributed by atoms with E-state index in [2.05, 4.69) is 5.09 Å². The second-order valence-corrected chi connectivity index (χ2v) is 8.20. The number of anilines is 1. The number of hydrogen-bond donors (Lipinski definition) is 3. The van der Waals surface area contributed by atoms with E-state index in [-0.39, 0.29) is 6.16 Å². The molecule has 2 atom stereocenters. The summed E-state index contributed by atoms with van der Waals surface area (Å²) in [6, 6.07) is 10.8. The van der Waals surface area contributed by atoms with Gasteiger partial charge in [-0.1, -0.05) is 43.7 Å². The molecule has 2 aromatic rings. The van der Waals surface area contributed by atoms with Crippen molar-refractivity contribution in [1.82, 2.24) is 0 Å². The van der Waals surface area contributed by atoms with E-state index < -0.39 is 19.4 Å². The maximum absolute atomic E-state index is 12.5. The van der Waals surface area contributed by atoms with E-state index >= 15 is 0 Å². The van der Waals surface area contributed by atoms with E-state index in [1.807, 2.05) is 25.1 Å². The van der Waals surface area contributed by atoms with Crippen LogP contribution in [0.2, 0.25) is 0 Å². The van der Waals surface area contributed by atoms with Crippen LogP contribution >= 0.6 is 18.9 Å². The van der Waals surface area contributed by atoms with Crippen LogP contribution in [0.1, 0.15) is 36.8 Å². The Bertz CT molecular complexity index is 701. The van der Waals surface area contributed by atoms with E-state index in [1.54, 1.807) is 23.6 Å². The van der Waals surface area contributed by atoms with Crippen molar-refractivity contribution in [2.45, 2.75) is 31.8 Å². The number of hydrogen-bond acceptors (Lipinski definition) is 3. The van der Waals surface area contributed by atoms with Gasteiger partial charge in [-0.05, 0) is 23.4 Å². The molecule has 0 aliphatic heterocycles. The Hall–Kier alpha value is -1.62. The molecule has 23 heavy (non-hydrogen) atoms. The van der Waals surface area contributed by atoms with Crippen LogP contribution in [-0.4, -0.2) is 16.0 Å². The summed E-state index contributed by atoms with van der Waals surface area (Å²) in [4.78, 5) is 21.7. The quantitative estimate of drug-likeness (QED) is 0.608. The summed E-state index contributed by atoms with van der Waals surface area (Å²) >= 11 is 1.25. The van der Waals surface area contributed by atoms with Gasteiger partial charge in [0.05, 0.1) is 17.1 Å². The van der Waals surface area contributed by atoms with Crippen LogP contribution in [0.5, 0.6) is 0 Å². The van der Waals surface area contributed by atoms with E-state index in [9.17, 15) is 19.4 Å². The number of aliphatic carboxylic acids is 1. The van der Waals surface area contributed by atoms with Crippen LogP contribution in [0.15, 0.2) is 41.8 Å². The first-order valence-corrected chi connectivity index (χ1v) is 10.1. The lowest BCUT2D eigenvalue weighted by molar-refractivity contribution is -0.138. The number of rotatable bonds is 8. The average molecular weight is 353 g/mol. The highest BCUT2D eigenvalue weighted by molar-refractivity contribution is 7.59. The van der Waals surface area contributed by atoms with Gasteiger partial charge in [0.15, 0.2) is 0 Å². The fourth-order valence-electron chi connectivity index (χ4n) is 2.41. The Morgan fingerprint density at radius 2 is 2.00 bits per heavy atom. The third-order valence-electron chi connectivity index (χ3n) is 3.46. The van der Waals surface area contributed by atoms with Gasteiger partial charge in [0.2, 0.25) is 0 Å². The molecule has 0 radical (unpaired) electrons. The molecule has 0 saturated carbocycles. The maximum atomic E-state index is 12.5. The Morgan fingerprint density at radius 3 is 2.61 bits per heavy atom. The Kier molecular flexibility index (Phi) is 5.99. The van der Waals surface area contributed by atoms with Gasteiger partial charge in [-0.2, -0.15) is 0 Å². The van der Waals surface area contributed by atoms with E-state index in [4.69, 9.17) is 0 Å². The molecule has 2 rings (SSSR count). The van der Waals surface area contributed by atoms with Crippen LogP contribution in [0, 0.1) is 0 Å². The normalized spacial score (nSPS) is 14.9. The predicted molar refractivity (Wildman–Crippen MR) is 93.2 cm³/mol. The first-order chi connectivity index (χ1) is 10.9. The molecular formula is C16H20NO4PS. The number of carboxylic acids is 1. The van der Waals surface area contributed by atoms with E-state index in [0.29, 0.717) is 17.0 Å². The van der Waals surface area contributed by atoms with E-state index in [1.165, 1.54) is 11.3 Å². The molecule has 7 heteroatoms. The average Bonchev–Trinajstić information content (AvgIpc) is 2.91. The zero-order chi connectivity index (χ0) is 16.9. The Balaban J connectivity index is 2.18. The fourth-order valence-corrected chi connectivity index (χ4v) is 4.98. The maximum Gasteiger partial charge on any atom is 0.311 e. The molecule has 0 aliphatic rings. The summed E-state index contributed by atoms with van der Waals surface area (Å²) in [5, 5.41) is 14.3. The first-order valence-electron chi connectivity index (χ1n) is 7.37. The summed E-state index contributed by atoms with van der Waals surface area (Å²) in [6.45, 7) is 1.92. The zero-order valence-electron chi connectivity index (χ0n) is 12.8. The second-order valence-electron chi connectivity index (χ2n) is 5.34. The van der Waals surface area contributed by atoms with E-state index in [0.717, 1.165) is 12.0 Å². The monoisotopic (exact) mass is 353 g/mol. The minimum absolute atomic E-state index is 0.00328. The smallest absolute Gasteiger partial charge is 0.311 e. The zero-order valence-corrected chi connectivity index (χ0v) is 14.5. The largest absolute Gasteiger partial charge is 0.481 e. The minimum Gasteiger partial charge on any atom is -0.481 e. The number of benzene rings is 1.